The number of rotatable bonds is 10. The van der Waals surface area contributed by atoms with E-state index < -0.39 is 0 Å². The van der Waals surface area contributed by atoms with Gasteiger partial charge < -0.3 is 0 Å². The summed E-state index contributed by atoms with van der Waals surface area (Å²) in [5.41, 5.74) is 3.02. The molecule has 0 heterocycles. The van der Waals surface area contributed by atoms with Gasteiger partial charge >= 0.3 is 0 Å². The molecule has 1 rings (SSSR count). The molecule has 19 heavy (non-hydrogen) atoms. The van der Waals surface area contributed by atoms with Crippen LogP contribution >= 0.6 is 0 Å². The minimum Gasteiger partial charge on any atom is -0.0654 e. The molecule has 0 aromatic heterocycles. The van der Waals surface area contributed by atoms with Gasteiger partial charge in [-0.3, -0.25) is 0 Å². The molecule has 0 bridgehead atoms. The fraction of sp³-hybridized carbons (Fsp3) is 0.684. The molecule has 0 spiro atoms. The summed E-state index contributed by atoms with van der Waals surface area (Å²) in [7, 11) is 0. The second-order valence-electron chi connectivity index (χ2n) is 5.96. The molecule has 1 aromatic carbocycles. The van der Waals surface area contributed by atoms with E-state index in [1.807, 2.05) is 0 Å². The summed E-state index contributed by atoms with van der Waals surface area (Å²) in [5, 5.41) is 0. The molecule has 0 aliphatic heterocycles. The first-order valence-electron chi connectivity index (χ1n) is 8.32. The van der Waals surface area contributed by atoms with Gasteiger partial charge in [-0.25, -0.2) is 0 Å². The van der Waals surface area contributed by atoms with E-state index in [2.05, 4.69) is 45.0 Å². The molecule has 0 aliphatic carbocycles. The molecule has 0 saturated carbocycles. The average molecular weight is 260 g/mol. The molecule has 0 saturated heterocycles. The van der Waals surface area contributed by atoms with Crippen molar-refractivity contribution in [2.24, 2.45) is 5.92 Å². The molecular weight excluding hydrogens is 228 g/mol. The molecule has 108 valence electrons. The smallest absolute Gasteiger partial charge is 0.0248 e. The Labute approximate surface area is 120 Å². The maximum atomic E-state index is 2.35. The van der Waals surface area contributed by atoms with Gasteiger partial charge in [-0.2, -0.15) is 0 Å². The van der Waals surface area contributed by atoms with Crippen LogP contribution in [0.5, 0.6) is 0 Å². The highest BCUT2D eigenvalue weighted by Gasteiger charge is 2.08. The molecule has 1 atom stereocenters. The second-order valence-corrected chi connectivity index (χ2v) is 5.96. The van der Waals surface area contributed by atoms with Gasteiger partial charge in [0.25, 0.3) is 0 Å². The minimum absolute atomic E-state index is 0.882. The van der Waals surface area contributed by atoms with Gasteiger partial charge in [-0.15, -0.1) is 0 Å². The molecule has 1 aromatic rings. The van der Waals surface area contributed by atoms with Crippen molar-refractivity contribution < 1.29 is 0 Å². The van der Waals surface area contributed by atoms with Crippen LogP contribution < -0.4 is 0 Å². The Morgan fingerprint density at radius 2 is 1.58 bits per heavy atom. The summed E-state index contributed by atoms with van der Waals surface area (Å²) in [5.74, 6) is 0.882. The first-order chi connectivity index (χ1) is 9.27. The molecule has 0 aliphatic rings. The van der Waals surface area contributed by atoms with E-state index in [4.69, 9.17) is 0 Å². The highest BCUT2D eigenvalue weighted by Crippen LogP contribution is 2.21. The lowest BCUT2D eigenvalue weighted by Gasteiger charge is -2.16. The molecule has 0 heteroatoms. The third-order valence-electron chi connectivity index (χ3n) is 4.31. The van der Waals surface area contributed by atoms with Crippen molar-refractivity contribution in [3.63, 3.8) is 0 Å². The normalized spacial score (nSPS) is 12.6. The van der Waals surface area contributed by atoms with Gasteiger partial charge in [0.2, 0.25) is 0 Å². The van der Waals surface area contributed by atoms with Crippen molar-refractivity contribution in [1.82, 2.24) is 0 Å². The van der Waals surface area contributed by atoms with Crippen LogP contribution in [0.15, 0.2) is 24.3 Å². The lowest BCUT2D eigenvalue weighted by Crippen LogP contribution is -2.04. The molecule has 0 N–H and O–H groups in total. The maximum absolute atomic E-state index is 2.35. The average Bonchev–Trinajstić information content (AvgIpc) is 2.43. The van der Waals surface area contributed by atoms with Crippen LogP contribution in [0.1, 0.15) is 76.3 Å². The topological polar surface area (TPSA) is 0 Å². The first kappa shape index (κ1) is 16.3. The van der Waals surface area contributed by atoms with Gasteiger partial charge in [-0.05, 0) is 30.4 Å². The molecule has 0 fully saturated rings. The Balaban J connectivity index is 2.24. The van der Waals surface area contributed by atoms with Crippen molar-refractivity contribution in [2.75, 3.05) is 0 Å². The van der Waals surface area contributed by atoms with Gasteiger partial charge in [-0.1, -0.05) is 89.5 Å². The lowest BCUT2D eigenvalue weighted by molar-refractivity contribution is 0.435. The van der Waals surface area contributed by atoms with Crippen LogP contribution in [0, 0.1) is 12.8 Å². The highest BCUT2D eigenvalue weighted by atomic mass is 14.1. The van der Waals surface area contributed by atoms with Gasteiger partial charge in [0.1, 0.15) is 0 Å². The summed E-state index contributed by atoms with van der Waals surface area (Å²) < 4.78 is 0. The fourth-order valence-corrected chi connectivity index (χ4v) is 2.81. The van der Waals surface area contributed by atoms with E-state index in [-0.39, 0.29) is 0 Å². The minimum atomic E-state index is 0.882. The number of hydrogen-bond acceptors (Lipinski definition) is 0. The van der Waals surface area contributed by atoms with E-state index >= 15 is 0 Å². The maximum Gasteiger partial charge on any atom is -0.0248 e. The van der Waals surface area contributed by atoms with Crippen molar-refractivity contribution in [2.45, 2.75) is 78.6 Å². The number of aryl methyl sites for hydroxylation is 1. The van der Waals surface area contributed by atoms with Crippen molar-refractivity contribution in [1.29, 1.82) is 0 Å². The molecule has 0 radical (unpaired) electrons. The molecular formula is C19H32. The van der Waals surface area contributed by atoms with E-state index in [1.165, 1.54) is 63.4 Å². The van der Waals surface area contributed by atoms with Crippen LogP contribution in [0.2, 0.25) is 0 Å². The van der Waals surface area contributed by atoms with E-state index in [1.54, 1.807) is 5.56 Å². The number of hydrogen-bond donors (Lipinski definition) is 0. The second kappa shape index (κ2) is 10.1. The SMILES string of the molecule is CCCCCCCCC(CC)Cc1ccccc1C. The first-order valence-corrected chi connectivity index (χ1v) is 8.32. The fourth-order valence-electron chi connectivity index (χ4n) is 2.81. The Kier molecular flexibility index (Phi) is 8.62. The Hall–Kier alpha value is -0.780. The van der Waals surface area contributed by atoms with Crippen molar-refractivity contribution in [3.8, 4) is 0 Å². The van der Waals surface area contributed by atoms with Gasteiger partial charge in [0.05, 0.1) is 0 Å². The monoisotopic (exact) mass is 260 g/mol. The van der Waals surface area contributed by atoms with Crippen LogP contribution in [0.4, 0.5) is 0 Å². The van der Waals surface area contributed by atoms with Gasteiger partial charge in [0.15, 0.2) is 0 Å². The summed E-state index contributed by atoms with van der Waals surface area (Å²) in [6.45, 7) is 6.88. The zero-order valence-corrected chi connectivity index (χ0v) is 13.3. The van der Waals surface area contributed by atoms with Gasteiger partial charge in [0, 0.05) is 0 Å². The van der Waals surface area contributed by atoms with Crippen molar-refractivity contribution in [3.05, 3.63) is 35.4 Å². The summed E-state index contributed by atoms with van der Waals surface area (Å²) >= 11 is 0. The van der Waals surface area contributed by atoms with E-state index in [9.17, 15) is 0 Å². The van der Waals surface area contributed by atoms with E-state index in [0.717, 1.165) is 5.92 Å². The van der Waals surface area contributed by atoms with Crippen molar-refractivity contribution >= 4 is 0 Å². The van der Waals surface area contributed by atoms with Crippen LogP contribution in [0.3, 0.4) is 0 Å². The zero-order valence-electron chi connectivity index (χ0n) is 13.3. The number of benzene rings is 1. The van der Waals surface area contributed by atoms with Crippen LogP contribution in [-0.4, -0.2) is 0 Å². The summed E-state index contributed by atoms with van der Waals surface area (Å²) in [6, 6.07) is 8.87. The Morgan fingerprint density at radius 1 is 0.895 bits per heavy atom. The quantitative estimate of drug-likeness (QED) is 0.432. The Bertz CT molecular complexity index is 327. The summed E-state index contributed by atoms with van der Waals surface area (Å²) in [4.78, 5) is 0. The standard InChI is InChI=1S/C19H32/c1-4-6-7-8-9-10-14-18(5-2)16-19-15-12-11-13-17(19)3/h11-13,15,18H,4-10,14,16H2,1-3H3. The third kappa shape index (κ3) is 6.80. The Morgan fingerprint density at radius 3 is 2.26 bits per heavy atom. The molecule has 1 unspecified atom stereocenters. The van der Waals surface area contributed by atoms with Crippen LogP contribution in [0.25, 0.3) is 0 Å². The summed E-state index contributed by atoms with van der Waals surface area (Å²) in [6.07, 6.45) is 12.5. The predicted octanol–water partition coefficient (Wildman–Crippen LogP) is 6.31. The molecule has 0 nitrogen and oxygen atoms in total. The zero-order chi connectivity index (χ0) is 13.9. The lowest BCUT2D eigenvalue weighted by atomic mass is 9.90. The largest absolute Gasteiger partial charge is 0.0654 e. The number of unbranched alkanes of at least 4 members (excludes halogenated alkanes) is 5. The molecule has 0 amide bonds. The predicted molar refractivity (Wildman–Crippen MR) is 86.7 cm³/mol. The van der Waals surface area contributed by atoms with Crippen LogP contribution in [-0.2, 0) is 6.42 Å². The van der Waals surface area contributed by atoms with E-state index in [0.29, 0.717) is 0 Å². The third-order valence-corrected chi connectivity index (χ3v) is 4.31. The highest BCUT2D eigenvalue weighted by molar-refractivity contribution is 5.25.